The highest BCUT2D eigenvalue weighted by Crippen LogP contribution is 2.20. The predicted octanol–water partition coefficient (Wildman–Crippen LogP) is 9.54. The van der Waals surface area contributed by atoms with E-state index in [1.807, 2.05) is 0 Å². The van der Waals surface area contributed by atoms with Crippen molar-refractivity contribution in [1.82, 2.24) is 9.97 Å². The lowest BCUT2D eigenvalue weighted by atomic mass is 10.0. The Hall–Kier alpha value is -1.97. The van der Waals surface area contributed by atoms with Crippen molar-refractivity contribution in [2.75, 3.05) is 6.61 Å². The Kier molecular flexibility index (Phi) is 15.3. The minimum atomic E-state index is -0.943. The summed E-state index contributed by atoms with van der Waals surface area (Å²) >= 11 is 0. The number of unbranched alkanes of at least 4 members (excludes halogenated alkanes) is 9. The quantitative estimate of drug-likeness (QED) is 0.175. The van der Waals surface area contributed by atoms with Crippen molar-refractivity contribution in [3.63, 3.8) is 0 Å². The van der Waals surface area contributed by atoms with Crippen molar-refractivity contribution in [1.29, 1.82) is 0 Å². The third-order valence-electron chi connectivity index (χ3n) is 7.00. The van der Waals surface area contributed by atoms with Gasteiger partial charge in [-0.25, -0.2) is 14.4 Å². The molecule has 3 nitrogen and oxygen atoms in total. The molecule has 0 aliphatic rings. The van der Waals surface area contributed by atoms with Gasteiger partial charge in [-0.1, -0.05) is 122 Å². The van der Waals surface area contributed by atoms with E-state index in [0.29, 0.717) is 23.9 Å². The molecule has 1 heterocycles. The summed E-state index contributed by atoms with van der Waals surface area (Å²) in [6.07, 6.45) is 20.8. The van der Waals surface area contributed by atoms with Gasteiger partial charge in [-0.15, -0.1) is 0 Å². The summed E-state index contributed by atoms with van der Waals surface area (Å²) in [5, 5.41) is 0. The Labute approximate surface area is 214 Å². The second-order valence-electron chi connectivity index (χ2n) is 10.2. The van der Waals surface area contributed by atoms with E-state index >= 15 is 0 Å². The summed E-state index contributed by atoms with van der Waals surface area (Å²) in [5.41, 5.74) is 2.37. The SMILES string of the molecule is CCCCCCCCCCCCc1ccc(-c2ncc(OCC(F)CCCC(C)CC)cn2)cc1. The zero-order chi connectivity index (χ0) is 25.1. The Morgan fingerprint density at radius 3 is 1.97 bits per heavy atom. The number of hydrogen-bond donors (Lipinski definition) is 0. The first-order valence-electron chi connectivity index (χ1n) is 14.3. The normalized spacial score (nSPS) is 13.0. The van der Waals surface area contributed by atoms with Crippen LogP contribution in [-0.4, -0.2) is 22.7 Å². The molecule has 0 aliphatic carbocycles. The van der Waals surface area contributed by atoms with Crippen LogP contribution in [-0.2, 0) is 6.42 Å². The van der Waals surface area contributed by atoms with Crippen molar-refractivity contribution >= 4 is 0 Å². The molecule has 0 aliphatic heterocycles. The third-order valence-corrected chi connectivity index (χ3v) is 7.00. The van der Waals surface area contributed by atoms with Crippen molar-refractivity contribution < 1.29 is 9.13 Å². The van der Waals surface area contributed by atoms with Crippen LogP contribution in [0.3, 0.4) is 0 Å². The summed E-state index contributed by atoms with van der Waals surface area (Å²) < 4.78 is 19.6. The summed E-state index contributed by atoms with van der Waals surface area (Å²) in [5.74, 6) is 1.86. The zero-order valence-corrected chi connectivity index (χ0v) is 22.6. The molecule has 0 bridgehead atoms. The second-order valence-corrected chi connectivity index (χ2v) is 10.2. The number of hydrogen-bond acceptors (Lipinski definition) is 3. The molecule has 0 saturated carbocycles. The van der Waals surface area contributed by atoms with Gasteiger partial charge in [0.25, 0.3) is 0 Å². The van der Waals surface area contributed by atoms with Gasteiger partial charge in [-0.05, 0) is 30.7 Å². The molecule has 2 unspecified atom stereocenters. The molecule has 35 heavy (non-hydrogen) atoms. The van der Waals surface area contributed by atoms with Gasteiger partial charge >= 0.3 is 0 Å². The molecule has 4 heteroatoms. The summed E-state index contributed by atoms with van der Waals surface area (Å²) in [7, 11) is 0. The van der Waals surface area contributed by atoms with Crippen molar-refractivity contribution in [2.24, 2.45) is 5.92 Å². The number of halogens is 1. The van der Waals surface area contributed by atoms with Crippen LogP contribution in [0, 0.1) is 5.92 Å². The van der Waals surface area contributed by atoms with Crippen LogP contribution in [0.15, 0.2) is 36.7 Å². The van der Waals surface area contributed by atoms with Gasteiger partial charge in [0.2, 0.25) is 0 Å². The number of benzene rings is 1. The average Bonchev–Trinajstić information content (AvgIpc) is 2.89. The topological polar surface area (TPSA) is 35.0 Å². The predicted molar refractivity (Wildman–Crippen MR) is 147 cm³/mol. The lowest BCUT2D eigenvalue weighted by Gasteiger charge is -2.12. The molecule has 2 rings (SSSR count). The molecular weight excluding hydrogens is 435 g/mol. The Bertz CT molecular complexity index is 763. The molecule has 0 spiro atoms. The van der Waals surface area contributed by atoms with E-state index in [4.69, 9.17) is 4.74 Å². The Morgan fingerprint density at radius 2 is 1.37 bits per heavy atom. The molecule has 2 atom stereocenters. The molecule has 0 N–H and O–H groups in total. The standard InChI is InChI=1S/C31H49FN2O/c1-4-6-7-8-9-10-11-12-13-14-17-27-19-21-28(22-20-27)31-33-23-30(24-34-31)35-25-29(32)18-15-16-26(3)5-2/h19-24,26,29H,4-18,25H2,1-3H3. The van der Waals surface area contributed by atoms with Crippen LogP contribution in [0.1, 0.15) is 116 Å². The Morgan fingerprint density at radius 1 is 0.771 bits per heavy atom. The maximum Gasteiger partial charge on any atom is 0.159 e. The highest BCUT2D eigenvalue weighted by Gasteiger charge is 2.10. The first-order chi connectivity index (χ1) is 17.1. The van der Waals surface area contributed by atoms with Gasteiger partial charge in [-0.3, -0.25) is 0 Å². The van der Waals surface area contributed by atoms with Crippen LogP contribution in [0.4, 0.5) is 4.39 Å². The second kappa shape index (κ2) is 18.3. The molecule has 1 aromatic heterocycles. The molecular formula is C31H49FN2O. The van der Waals surface area contributed by atoms with Gasteiger partial charge in [0.1, 0.15) is 12.8 Å². The monoisotopic (exact) mass is 484 g/mol. The van der Waals surface area contributed by atoms with E-state index in [-0.39, 0.29) is 6.61 Å². The minimum Gasteiger partial charge on any atom is -0.487 e. The molecule has 2 aromatic rings. The fourth-order valence-electron chi connectivity index (χ4n) is 4.34. The van der Waals surface area contributed by atoms with Crippen molar-refractivity contribution in [3.8, 4) is 17.1 Å². The molecule has 0 amide bonds. The smallest absolute Gasteiger partial charge is 0.159 e. The summed E-state index contributed by atoms with van der Waals surface area (Å²) in [6, 6.07) is 8.56. The zero-order valence-electron chi connectivity index (χ0n) is 22.6. The summed E-state index contributed by atoms with van der Waals surface area (Å²) in [6.45, 7) is 6.74. The van der Waals surface area contributed by atoms with Crippen LogP contribution in [0.25, 0.3) is 11.4 Å². The van der Waals surface area contributed by atoms with Gasteiger partial charge in [0.15, 0.2) is 11.6 Å². The van der Waals surface area contributed by atoms with Crippen LogP contribution in [0.2, 0.25) is 0 Å². The lowest BCUT2D eigenvalue weighted by Crippen LogP contribution is -2.13. The maximum atomic E-state index is 14.1. The van der Waals surface area contributed by atoms with Crippen LogP contribution in [0.5, 0.6) is 5.75 Å². The number of aromatic nitrogens is 2. The van der Waals surface area contributed by atoms with Gasteiger partial charge in [-0.2, -0.15) is 0 Å². The highest BCUT2D eigenvalue weighted by molar-refractivity contribution is 5.55. The number of rotatable bonds is 20. The maximum absolute atomic E-state index is 14.1. The first kappa shape index (κ1) is 29.3. The van der Waals surface area contributed by atoms with Crippen LogP contribution < -0.4 is 4.74 Å². The van der Waals surface area contributed by atoms with Gasteiger partial charge in [0.05, 0.1) is 12.4 Å². The van der Waals surface area contributed by atoms with Crippen molar-refractivity contribution in [3.05, 3.63) is 42.2 Å². The number of nitrogens with zero attached hydrogens (tertiary/aromatic N) is 2. The highest BCUT2D eigenvalue weighted by atomic mass is 19.1. The van der Waals surface area contributed by atoms with E-state index in [9.17, 15) is 4.39 Å². The largest absolute Gasteiger partial charge is 0.487 e. The van der Waals surface area contributed by atoms with Crippen molar-refractivity contribution in [2.45, 2.75) is 123 Å². The average molecular weight is 485 g/mol. The van der Waals surface area contributed by atoms with E-state index < -0.39 is 6.17 Å². The fraction of sp³-hybridized carbons (Fsp3) is 0.677. The third kappa shape index (κ3) is 13.1. The minimum absolute atomic E-state index is 0.0663. The van der Waals surface area contributed by atoms with Gasteiger partial charge < -0.3 is 4.74 Å². The fourth-order valence-corrected chi connectivity index (χ4v) is 4.34. The summed E-state index contributed by atoms with van der Waals surface area (Å²) in [4.78, 5) is 8.84. The van der Waals surface area contributed by atoms with E-state index in [1.54, 1.807) is 12.4 Å². The number of ether oxygens (including phenoxy) is 1. The molecule has 0 saturated heterocycles. The van der Waals surface area contributed by atoms with E-state index in [2.05, 4.69) is 55.0 Å². The van der Waals surface area contributed by atoms with E-state index in [1.165, 1.54) is 69.8 Å². The number of alkyl halides is 1. The first-order valence-corrected chi connectivity index (χ1v) is 14.3. The Balaban J connectivity index is 1.62. The van der Waals surface area contributed by atoms with E-state index in [0.717, 1.165) is 31.2 Å². The lowest BCUT2D eigenvalue weighted by molar-refractivity contribution is 0.181. The molecule has 196 valence electrons. The molecule has 1 aromatic carbocycles. The van der Waals surface area contributed by atoms with Gasteiger partial charge in [0, 0.05) is 5.56 Å². The van der Waals surface area contributed by atoms with Crippen LogP contribution >= 0.6 is 0 Å². The number of aryl methyl sites for hydroxylation is 1. The molecule has 0 radical (unpaired) electrons. The molecule has 0 fully saturated rings.